The minimum Gasteiger partial charge on any atom is -0.0856 e. The maximum absolute atomic E-state index is 2.42. The Morgan fingerprint density at radius 1 is 1.39 bits per heavy atom. The summed E-state index contributed by atoms with van der Waals surface area (Å²) in [6, 6.07) is 6.86. The number of aryl methyl sites for hydroxylation is 1. The van der Waals surface area contributed by atoms with Gasteiger partial charge >= 0.3 is 0 Å². The zero-order chi connectivity index (χ0) is 13.1. The standard InChI is InChI=1S/C18H26/c1-5-15(10-9-13(2)3)17-12-11-16-14(4)7-6-8-18(16)17/h6-9,15,17H,5,10-12H2,1-4H3. The van der Waals surface area contributed by atoms with Crippen molar-refractivity contribution in [3.63, 3.8) is 0 Å². The molecule has 1 aromatic rings. The molecule has 0 N–H and O–H groups in total. The predicted octanol–water partition coefficient (Wildman–Crippen LogP) is 5.41. The Labute approximate surface area is 112 Å². The van der Waals surface area contributed by atoms with E-state index in [0.29, 0.717) is 0 Å². The molecule has 18 heavy (non-hydrogen) atoms. The van der Waals surface area contributed by atoms with Crippen LogP contribution >= 0.6 is 0 Å². The van der Waals surface area contributed by atoms with Crippen LogP contribution in [0.4, 0.5) is 0 Å². The Bertz CT molecular complexity index is 435. The van der Waals surface area contributed by atoms with Crippen molar-refractivity contribution in [3.8, 4) is 0 Å². The first-order valence-electron chi connectivity index (χ1n) is 7.35. The summed E-state index contributed by atoms with van der Waals surface area (Å²) in [5.74, 6) is 1.61. The lowest BCUT2D eigenvalue weighted by atomic mass is 9.82. The zero-order valence-corrected chi connectivity index (χ0v) is 12.3. The molecule has 1 aromatic carbocycles. The van der Waals surface area contributed by atoms with Crippen LogP contribution in [0.25, 0.3) is 0 Å². The molecular formula is C18H26. The third kappa shape index (κ3) is 2.68. The summed E-state index contributed by atoms with van der Waals surface area (Å²) in [4.78, 5) is 0. The Morgan fingerprint density at radius 2 is 2.17 bits per heavy atom. The van der Waals surface area contributed by atoms with E-state index in [1.165, 1.54) is 36.8 Å². The second-order valence-electron chi connectivity index (χ2n) is 5.97. The fraction of sp³-hybridized carbons (Fsp3) is 0.556. The van der Waals surface area contributed by atoms with Crippen LogP contribution in [0.15, 0.2) is 29.8 Å². The first kappa shape index (κ1) is 13.4. The van der Waals surface area contributed by atoms with Crippen molar-refractivity contribution in [1.29, 1.82) is 0 Å². The smallest absolute Gasteiger partial charge is 0.0125 e. The molecule has 0 bridgehead atoms. The number of allylic oxidation sites excluding steroid dienone is 2. The molecule has 0 nitrogen and oxygen atoms in total. The average Bonchev–Trinajstić information content (AvgIpc) is 2.75. The van der Waals surface area contributed by atoms with Gasteiger partial charge in [-0.15, -0.1) is 0 Å². The average molecular weight is 242 g/mol. The van der Waals surface area contributed by atoms with Crippen molar-refractivity contribution in [2.45, 2.75) is 59.3 Å². The first-order valence-corrected chi connectivity index (χ1v) is 7.35. The molecule has 1 aliphatic rings. The normalized spacial score (nSPS) is 19.4. The number of rotatable bonds is 4. The molecule has 2 rings (SSSR count). The predicted molar refractivity (Wildman–Crippen MR) is 80.1 cm³/mol. The molecule has 0 amide bonds. The quantitative estimate of drug-likeness (QED) is 0.619. The molecule has 0 spiro atoms. The summed E-state index contributed by atoms with van der Waals surface area (Å²) in [7, 11) is 0. The molecule has 0 heteroatoms. The van der Waals surface area contributed by atoms with Crippen LogP contribution in [0.5, 0.6) is 0 Å². The van der Waals surface area contributed by atoms with Crippen LogP contribution in [0, 0.1) is 12.8 Å². The van der Waals surface area contributed by atoms with Gasteiger partial charge in [0.1, 0.15) is 0 Å². The van der Waals surface area contributed by atoms with Crippen LogP contribution in [-0.4, -0.2) is 0 Å². The van der Waals surface area contributed by atoms with E-state index in [0.717, 1.165) is 11.8 Å². The van der Waals surface area contributed by atoms with E-state index in [4.69, 9.17) is 0 Å². The summed E-state index contributed by atoms with van der Waals surface area (Å²) in [6.07, 6.45) is 7.61. The third-order valence-corrected chi connectivity index (χ3v) is 4.47. The van der Waals surface area contributed by atoms with Crippen molar-refractivity contribution in [1.82, 2.24) is 0 Å². The van der Waals surface area contributed by atoms with Gasteiger partial charge in [0.15, 0.2) is 0 Å². The van der Waals surface area contributed by atoms with Gasteiger partial charge in [0.25, 0.3) is 0 Å². The third-order valence-electron chi connectivity index (χ3n) is 4.47. The fourth-order valence-electron chi connectivity index (χ4n) is 3.36. The van der Waals surface area contributed by atoms with E-state index in [-0.39, 0.29) is 0 Å². The second kappa shape index (κ2) is 5.73. The monoisotopic (exact) mass is 242 g/mol. The van der Waals surface area contributed by atoms with Gasteiger partial charge in [0.2, 0.25) is 0 Å². The highest BCUT2D eigenvalue weighted by Crippen LogP contribution is 2.42. The number of fused-ring (bicyclic) bond motifs is 1. The van der Waals surface area contributed by atoms with Crippen molar-refractivity contribution >= 4 is 0 Å². The number of benzene rings is 1. The largest absolute Gasteiger partial charge is 0.0856 e. The topological polar surface area (TPSA) is 0 Å². The summed E-state index contributed by atoms with van der Waals surface area (Å²) >= 11 is 0. The molecule has 0 aliphatic heterocycles. The Balaban J connectivity index is 2.21. The minimum atomic E-state index is 0.792. The molecule has 1 aliphatic carbocycles. The van der Waals surface area contributed by atoms with Crippen molar-refractivity contribution < 1.29 is 0 Å². The minimum absolute atomic E-state index is 0.792. The van der Waals surface area contributed by atoms with Crippen LogP contribution < -0.4 is 0 Å². The molecule has 98 valence electrons. The Hall–Kier alpha value is -1.04. The Kier molecular flexibility index (Phi) is 4.27. The molecule has 0 heterocycles. The van der Waals surface area contributed by atoms with Crippen LogP contribution in [0.2, 0.25) is 0 Å². The fourth-order valence-corrected chi connectivity index (χ4v) is 3.36. The lowest BCUT2D eigenvalue weighted by molar-refractivity contribution is 0.410. The van der Waals surface area contributed by atoms with E-state index in [1.54, 1.807) is 11.1 Å². The number of hydrogen-bond donors (Lipinski definition) is 0. The van der Waals surface area contributed by atoms with Gasteiger partial charge in [-0.05, 0) is 68.6 Å². The number of hydrogen-bond acceptors (Lipinski definition) is 0. The molecule has 0 fully saturated rings. The Morgan fingerprint density at radius 3 is 2.83 bits per heavy atom. The van der Waals surface area contributed by atoms with Crippen molar-refractivity contribution in [3.05, 3.63) is 46.5 Å². The van der Waals surface area contributed by atoms with E-state index in [2.05, 4.69) is 52.0 Å². The summed E-state index contributed by atoms with van der Waals surface area (Å²) < 4.78 is 0. The summed E-state index contributed by atoms with van der Waals surface area (Å²) in [6.45, 7) is 9.02. The van der Waals surface area contributed by atoms with Crippen LogP contribution in [-0.2, 0) is 6.42 Å². The van der Waals surface area contributed by atoms with Crippen LogP contribution in [0.3, 0.4) is 0 Å². The van der Waals surface area contributed by atoms with Gasteiger partial charge in [-0.3, -0.25) is 0 Å². The second-order valence-corrected chi connectivity index (χ2v) is 5.97. The molecule has 2 atom stereocenters. The molecular weight excluding hydrogens is 216 g/mol. The highest BCUT2D eigenvalue weighted by Gasteiger charge is 2.28. The summed E-state index contributed by atoms with van der Waals surface area (Å²) in [5.41, 5.74) is 6.23. The molecule has 0 radical (unpaired) electrons. The highest BCUT2D eigenvalue weighted by atomic mass is 14.3. The van der Waals surface area contributed by atoms with Gasteiger partial charge in [0, 0.05) is 0 Å². The van der Waals surface area contributed by atoms with Crippen LogP contribution in [0.1, 0.15) is 62.6 Å². The van der Waals surface area contributed by atoms with E-state index < -0.39 is 0 Å². The zero-order valence-electron chi connectivity index (χ0n) is 12.3. The van der Waals surface area contributed by atoms with E-state index in [1.807, 2.05) is 0 Å². The first-order chi connectivity index (χ1) is 8.63. The summed E-state index contributed by atoms with van der Waals surface area (Å²) in [5, 5.41) is 0. The maximum atomic E-state index is 2.42. The van der Waals surface area contributed by atoms with Gasteiger partial charge in [0.05, 0.1) is 0 Å². The van der Waals surface area contributed by atoms with Crippen molar-refractivity contribution in [2.75, 3.05) is 0 Å². The van der Waals surface area contributed by atoms with Gasteiger partial charge in [-0.2, -0.15) is 0 Å². The molecule has 2 unspecified atom stereocenters. The lowest BCUT2D eigenvalue weighted by Crippen LogP contribution is -2.09. The SMILES string of the molecule is CCC(CC=C(C)C)C1CCc2c(C)cccc21. The van der Waals surface area contributed by atoms with Gasteiger partial charge in [-0.1, -0.05) is 43.2 Å². The van der Waals surface area contributed by atoms with Crippen molar-refractivity contribution in [2.24, 2.45) is 5.92 Å². The molecule has 0 aromatic heterocycles. The van der Waals surface area contributed by atoms with E-state index >= 15 is 0 Å². The maximum Gasteiger partial charge on any atom is -0.0125 e. The highest BCUT2D eigenvalue weighted by molar-refractivity contribution is 5.41. The van der Waals surface area contributed by atoms with E-state index in [9.17, 15) is 0 Å². The molecule has 0 saturated heterocycles. The van der Waals surface area contributed by atoms with Gasteiger partial charge in [-0.25, -0.2) is 0 Å². The lowest BCUT2D eigenvalue weighted by Gasteiger charge is -2.22. The molecule has 0 saturated carbocycles. The van der Waals surface area contributed by atoms with Gasteiger partial charge < -0.3 is 0 Å².